The van der Waals surface area contributed by atoms with E-state index in [0.717, 1.165) is 54.1 Å². The maximum absolute atomic E-state index is 6.28. The Morgan fingerprint density at radius 3 is 2.96 bits per heavy atom. The molecule has 1 aromatic rings. The van der Waals surface area contributed by atoms with Crippen LogP contribution >= 0.6 is 15.9 Å². The second kappa shape index (κ2) is 8.25. The molecule has 0 aromatic carbocycles. The predicted octanol–water partition coefficient (Wildman–Crippen LogP) is 2.54. The average molecular weight is 436 g/mol. The van der Waals surface area contributed by atoms with Crippen LogP contribution < -0.4 is 16.0 Å². The highest BCUT2D eigenvalue weighted by Gasteiger charge is 2.41. The molecule has 27 heavy (non-hydrogen) atoms. The van der Waals surface area contributed by atoms with E-state index < -0.39 is 0 Å². The number of nitrogens with one attached hydrogen (secondary N) is 1. The lowest BCUT2D eigenvalue weighted by atomic mass is 10.1. The van der Waals surface area contributed by atoms with Crippen LogP contribution in [0, 0.1) is 11.8 Å². The van der Waals surface area contributed by atoms with Crippen molar-refractivity contribution < 1.29 is 4.58 Å². The molecule has 3 fully saturated rings. The number of anilines is 1. The highest BCUT2D eigenvalue weighted by molar-refractivity contribution is 9.10. The number of nitrogens with zero attached hydrogens (tertiary/aromatic N) is 4. The fourth-order valence-corrected chi connectivity index (χ4v) is 5.29. The number of aromatic nitrogens is 2. The molecule has 1 aromatic heterocycles. The summed E-state index contributed by atoms with van der Waals surface area (Å²) in [6.07, 6.45) is 13.7. The molecule has 1 saturated carbocycles. The van der Waals surface area contributed by atoms with Crippen molar-refractivity contribution in [3.8, 4) is 0 Å². The van der Waals surface area contributed by atoms with Crippen molar-refractivity contribution in [3.05, 3.63) is 22.9 Å². The van der Waals surface area contributed by atoms with Gasteiger partial charge in [-0.05, 0) is 66.3 Å². The van der Waals surface area contributed by atoms with Gasteiger partial charge in [-0.15, -0.1) is 0 Å². The van der Waals surface area contributed by atoms with Crippen LogP contribution in [0.1, 0.15) is 38.5 Å². The molecular formula is C20H32BrN6+. The van der Waals surface area contributed by atoms with E-state index in [4.69, 9.17) is 10.8 Å². The third-order valence-electron chi connectivity index (χ3n) is 6.30. The van der Waals surface area contributed by atoms with E-state index in [-0.39, 0.29) is 0 Å². The summed E-state index contributed by atoms with van der Waals surface area (Å²) in [5.74, 6) is 3.61. The first-order chi connectivity index (χ1) is 13.2. The molecule has 7 heteroatoms. The molecule has 148 valence electrons. The summed E-state index contributed by atoms with van der Waals surface area (Å²) >= 11 is 3.71. The summed E-state index contributed by atoms with van der Waals surface area (Å²) in [4.78, 5) is 2.40. The highest BCUT2D eigenvalue weighted by atomic mass is 79.9. The first-order valence-corrected chi connectivity index (χ1v) is 11.2. The zero-order valence-corrected chi connectivity index (χ0v) is 17.9. The van der Waals surface area contributed by atoms with Crippen molar-refractivity contribution in [2.24, 2.45) is 17.6 Å². The Labute approximate surface area is 170 Å². The number of nitrogens with two attached hydrogens (primary N) is 1. The molecule has 1 aliphatic carbocycles. The quantitative estimate of drug-likeness (QED) is 0.510. The maximum Gasteiger partial charge on any atom is 0.269 e. The van der Waals surface area contributed by atoms with Crippen LogP contribution in [0.15, 0.2) is 22.9 Å². The predicted molar refractivity (Wildman–Crippen MR) is 113 cm³/mol. The molecule has 0 radical (unpaired) electrons. The van der Waals surface area contributed by atoms with Crippen molar-refractivity contribution in [1.82, 2.24) is 15.1 Å². The Morgan fingerprint density at radius 1 is 1.37 bits per heavy atom. The largest absolute Gasteiger partial charge is 0.394 e. The molecule has 3 N–H and O–H groups in total. The van der Waals surface area contributed by atoms with Crippen molar-refractivity contribution in [3.63, 3.8) is 0 Å². The minimum atomic E-state index is 0.603. The summed E-state index contributed by atoms with van der Waals surface area (Å²) in [5.41, 5.74) is 6.28. The summed E-state index contributed by atoms with van der Waals surface area (Å²) in [7, 11) is 1.91. The van der Waals surface area contributed by atoms with Gasteiger partial charge in [0.05, 0.1) is 17.1 Å². The summed E-state index contributed by atoms with van der Waals surface area (Å²) in [5, 5.41) is 7.89. The molecule has 6 nitrogen and oxygen atoms in total. The van der Waals surface area contributed by atoms with Crippen LogP contribution in [-0.4, -0.2) is 52.9 Å². The Bertz CT molecular complexity index is 718. The lowest BCUT2D eigenvalue weighted by molar-refractivity contribution is -0.545. The Morgan fingerprint density at radius 2 is 2.19 bits per heavy atom. The molecule has 3 heterocycles. The molecule has 0 spiro atoms. The monoisotopic (exact) mass is 435 g/mol. The molecule has 0 bridgehead atoms. The van der Waals surface area contributed by atoms with Crippen LogP contribution in [0.2, 0.25) is 0 Å². The first-order valence-electron chi connectivity index (χ1n) is 10.4. The lowest BCUT2D eigenvalue weighted by Crippen LogP contribution is -2.31. The van der Waals surface area contributed by atoms with Gasteiger partial charge in [0.25, 0.3) is 5.84 Å². The second-order valence-corrected chi connectivity index (χ2v) is 9.10. The molecule has 2 saturated heterocycles. The van der Waals surface area contributed by atoms with E-state index in [0.29, 0.717) is 6.04 Å². The molecular weight excluding hydrogens is 404 g/mol. The van der Waals surface area contributed by atoms with Crippen molar-refractivity contribution >= 4 is 27.6 Å². The van der Waals surface area contributed by atoms with Gasteiger partial charge in [-0.25, -0.2) is 0 Å². The normalized spacial score (nSPS) is 29.7. The number of halogens is 1. The van der Waals surface area contributed by atoms with E-state index in [2.05, 4.69) is 41.6 Å². The zero-order chi connectivity index (χ0) is 18.8. The van der Waals surface area contributed by atoms with Gasteiger partial charge in [0, 0.05) is 45.2 Å². The van der Waals surface area contributed by atoms with Crippen LogP contribution in [0.3, 0.4) is 0 Å². The number of hydrogen-bond acceptors (Lipinski definition) is 3. The van der Waals surface area contributed by atoms with Crippen LogP contribution in [0.25, 0.3) is 0 Å². The lowest BCUT2D eigenvalue weighted by Gasteiger charge is -2.14. The standard InChI is InChI=1S/C20H31BrN6/c1-23-7-6-19(22)27-10-4-5-17(27)12-15-11-16(15)13-26-14-18(21)20(24-26)25-8-2-3-9-25/h6-7,14-17H,2-5,8-13H2,1H3,(H2,22,23)/p+1/t15?,16-,17?/m1/s1. The van der Waals surface area contributed by atoms with Crippen molar-refractivity contribution in [2.45, 2.75) is 51.1 Å². The molecule has 3 aliphatic rings. The van der Waals surface area contributed by atoms with Gasteiger partial charge in [-0.1, -0.05) is 0 Å². The summed E-state index contributed by atoms with van der Waals surface area (Å²) in [6, 6.07) is 0.603. The molecule has 0 amide bonds. The minimum Gasteiger partial charge on any atom is -0.394 e. The molecule has 4 rings (SSSR count). The SMILES string of the molecule is CN/C=C\C(N)=[N+]1CCCC1CC1C[C@@H]1Cn1cc(Br)c(N2CCCC2)n1. The number of amidine groups is 1. The Kier molecular flexibility index (Phi) is 5.76. The van der Waals surface area contributed by atoms with Gasteiger partial charge in [0.15, 0.2) is 5.82 Å². The van der Waals surface area contributed by atoms with E-state index in [9.17, 15) is 0 Å². The fourth-order valence-electron chi connectivity index (χ4n) is 4.72. The van der Waals surface area contributed by atoms with Gasteiger partial charge < -0.3 is 10.2 Å². The maximum atomic E-state index is 6.28. The van der Waals surface area contributed by atoms with Crippen molar-refractivity contribution in [1.29, 1.82) is 0 Å². The van der Waals surface area contributed by atoms with E-state index in [1.165, 1.54) is 38.5 Å². The average Bonchev–Trinajstić information content (AvgIpc) is 3.09. The first kappa shape index (κ1) is 18.8. The minimum absolute atomic E-state index is 0.603. The smallest absolute Gasteiger partial charge is 0.269 e. The molecule has 2 aliphatic heterocycles. The van der Waals surface area contributed by atoms with Gasteiger partial charge >= 0.3 is 0 Å². The topological polar surface area (TPSA) is 62.1 Å². The zero-order valence-electron chi connectivity index (χ0n) is 16.3. The molecule has 2 unspecified atom stereocenters. The van der Waals surface area contributed by atoms with E-state index >= 15 is 0 Å². The number of hydrogen-bond donors (Lipinski definition) is 2. The fraction of sp³-hybridized carbons (Fsp3) is 0.700. The van der Waals surface area contributed by atoms with Crippen molar-refractivity contribution in [2.75, 3.05) is 31.6 Å². The van der Waals surface area contributed by atoms with E-state index in [1.807, 2.05) is 19.3 Å². The summed E-state index contributed by atoms with van der Waals surface area (Å²) in [6.45, 7) is 4.41. The summed E-state index contributed by atoms with van der Waals surface area (Å²) < 4.78 is 5.70. The highest BCUT2D eigenvalue weighted by Crippen LogP contribution is 2.45. The number of rotatable bonds is 7. The Balaban J connectivity index is 1.32. The Hall–Kier alpha value is -1.50. The third-order valence-corrected chi connectivity index (χ3v) is 6.86. The van der Waals surface area contributed by atoms with E-state index in [1.54, 1.807) is 0 Å². The van der Waals surface area contributed by atoms with Crippen LogP contribution in [-0.2, 0) is 6.54 Å². The van der Waals surface area contributed by atoms with Gasteiger partial charge in [0.1, 0.15) is 0 Å². The van der Waals surface area contributed by atoms with Crippen LogP contribution in [0.4, 0.5) is 5.82 Å². The van der Waals surface area contributed by atoms with Gasteiger partial charge in [0.2, 0.25) is 0 Å². The van der Waals surface area contributed by atoms with Gasteiger partial charge in [-0.3, -0.25) is 15.0 Å². The second-order valence-electron chi connectivity index (χ2n) is 8.24. The van der Waals surface area contributed by atoms with Gasteiger partial charge in [-0.2, -0.15) is 5.10 Å². The molecule has 3 atom stereocenters. The van der Waals surface area contributed by atoms with Crippen LogP contribution in [0.5, 0.6) is 0 Å². The third kappa shape index (κ3) is 4.33.